The number of amides is 1. The quantitative estimate of drug-likeness (QED) is 0.602. The summed E-state index contributed by atoms with van der Waals surface area (Å²) < 4.78 is 0. The van der Waals surface area contributed by atoms with Crippen LogP contribution in [0.3, 0.4) is 0 Å². The van der Waals surface area contributed by atoms with Gasteiger partial charge < -0.3 is 11.1 Å². The van der Waals surface area contributed by atoms with Crippen molar-refractivity contribution < 1.29 is 4.79 Å². The maximum Gasteiger partial charge on any atom is 0.253 e. The topological polar surface area (TPSA) is 80.9 Å². The molecule has 0 fully saturated rings. The highest BCUT2D eigenvalue weighted by Gasteiger charge is 2.14. The molecule has 3 rings (SSSR count). The molecule has 2 heterocycles. The lowest BCUT2D eigenvalue weighted by Gasteiger charge is -2.11. The maximum atomic E-state index is 12.8. The fourth-order valence-corrected chi connectivity index (χ4v) is 3.34. The summed E-state index contributed by atoms with van der Waals surface area (Å²) in [4.78, 5) is 21.2. The largest absolute Gasteiger partial charge is 0.383 e. The van der Waals surface area contributed by atoms with Gasteiger partial charge in [0.05, 0.1) is 16.3 Å². The van der Waals surface area contributed by atoms with E-state index in [1.54, 1.807) is 18.5 Å². The van der Waals surface area contributed by atoms with Crippen LogP contribution < -0.4 is 11.1 Å². The minimum absolute atomic E-state index is 0.163. The number of carbonyl (C=O) groups is 1. The number of aryl methyl sites for hydroxylation is 1. The summed E-state index contributed by atoms with van der Waals surface area (Å²) in [5, 5.41) is 5.35. The lowest BCUT2D eigenvalue weighted by molar-refractivity contribution is 0.0949. The summed E-state index contributed by atoms with van der Waals surface area (Å²) in [5.41, 5.74) is 8.22. The molecule has 146 valence electrons. The van der Waals surface area contributed by atoms with Gasteiger partial charge in [-0.15, -0.1) is 0 Å². The average Bonchev–Trinajstić information content (AvgIpc) is 2.67. The molecule has 6 heteroatoms. The van der Waals surface area contributed by atoms with Crippen LogP contribution in [0.2, 0.25) is 5.02 Å². The summed E-state index contributed by atoms with van der Waals surface area (Å²) in [5.74, 6) is 0.967. The lowest BCUT2D eigenvalue weighted by Crippen LogP contribution is -2.24. The van der Waals surface area contributed by atoms with E-state index in [4.69, 9.17) is 17.3 Å². The van der Waals surface area contributed by atoms with E-state index in [1.807, 2.05) is 24.3 Å². The first-order valence-corrected chi connectivity index (χ1v) is 9.87. The molecule has 5 nitrogen and oxygen atoms in total. The predicted octanol–water partition coefficient (Wildman–Crippen LogP) is 4.77. The molecule has 0 spiro atoms. The zero-order valence-electron chi connectivity index (χ0n) is 16.2. The highest BCUT2D eigenvalue weighted by Crippen LogP contribution is 2.20. The van der Waals surface area contributed by atoms with Gasteiger partial charge >= 0.3 is 0 Å². The van der Waals surface area contributed by atoms with E-state index in [1.165, 1.54) is 0 Å². The Kier molecular flexibility index (Phi) is 6.47. The van der Waals surface area contributed by atoms with Gasteiger partial charge in [-0.3, -0.25) is 9.78 Å². The molecule has 3 N–H and O–H groups in total. The fraction of sp³-hybridized carbons (Fsp3) is 0.318. The number of hydrogen-bond acceptors (Lipinski definition) is 4. The SMILES string of the molecule is CC(C)CCCc1ncc(Cl)cc1C(=O)NCc1ccc2c(N)nccc2c1. The number of fused-ring (bicyclic) bond motifs is 1. The normalized spacial score (nSPS) is 11.1. The smallest absolute Gasteiger partial charge is 0.253 e. The summed E-state index contributed by atoms with van der Waals surface area (Å²) in [6.07, 6.45) is 6.14. The van der Waals surface area contributed by atoms with E-state index in [9.17, 15) is 4.79 Å². The van der Waals surface area contributed by atoms with Crippen LogP contribution in [0.4, 0.5) is 5.82 Å². The summed E-state index contributed by atoms with van der Waals surface area (Å²) in [6.45, 7) is 4.79. The molecule has 1 amide bonds. The van der Waals surface area contributed by atoms with E-state index in [0.29, 0.717) is 28.9 Å². The standard InChI is InChI=1S/C22H25ClN4O/c1-14(2)4-3-5-20-19(11-17(23)13-26-20)22(28)27-12-15-6-7-18-16(10-15)8-9-25-21(18)24/h6-11,13-14H,3-5,12H2,1-2H3,(H2,24,25)(H,27,28). The Morgan fingerprint density at radius 3 is 2.82 bits per heavy atom. The molecule has 0 bridgehead atoms. The number of carbonyl (C=O) groups excluding carboxylic acids is 1. The monoisotopic (exact) mass is 396 g/mol. The Balaban J connectivity index is 1.71. The lowest BCUT2D eigenvalue weighted by atomic mass is 10.0. The molecule has 0 aliphatic rings. The Morgan fingerprint density at radius 2 is 2.04 bits per heavy atom. The van der Waals surface area contributed by atoms with Gasteiger partial charge in [0.1, 0.15) is 5.82 Å². The van der Waals surface area contributed by atoms with E-state index < -0.39 is 0 Å². The molecule has 28 heavy (non-hydrogen) atoms. The number of nitrogens with two attached hydrogens (primary N) is 1. The Bertz CT molecular complexity index is 987. The second-order valence-corrected chi connectivity index (χ2v) is 7.80. The van der Waals surface area contributed by atoms with Crippen LogP contribution in [0, 0.1) is 5.92 Å². The van der Waals surface area contributed by atoms with Crippen LogP contribution in [0.5, 0.6) is 0 Å². The highest BCUT2D eigenvalue weighted by atomic mass is 35.5. The minimum atomic E-state index is -0.163. The molecular formula is C22H25ClN4O. The highest BCUT2D eigenvalue weighted by molar-refractivity contribution is 6.30. The third kappa shape index (κ3) is 4.98. The second kappa shape index (κ2) is 9.02. The third-order valence-electron chi connectivity index (χ3n) is 4.69. The van der Waals surface area contributed by atoms with Crippen LogP contribution in [0.25, 0.3) is 10.8 Å². The molecule has 2 aromatic heterocycles. The molecule has 0 aliphatic carbocycles. The number of rotatable bonds is 7. The molecule has 1 aromatic carbocycles. The van der Waals surface area contributed by atoms with Gasteiger partial charge in [0.25, 0.3) is 5.91 Å². The molecule has 0 aliphatic heterocycles. The summed E-state index contributed by atoms with van der Waals surface area (Å²) in [6, 6.07) is 9.48. The van der Waals surface area contributed by atoms with E-state index in [0.717, 1.165) is 41.3 Å². The number of halogens is 1. The number of hydrogen-bond donors (Lipinski definition) is 2. The minimum Gasteiger partial charge on any atom is -0.383 e. The number of pyridine rings is 2. The number of benzene rings is 1. The molecule has 0 atom stereocenters. The molecule has 3 aromatic rings. The summed E-state index contributed by atoms with van der Waals surface area (Å²) >= 11 is 6.08. The molecular weight excluding hydrogens is 372 g/mol. The Morgan fingerprint density at radius 1 is 1.21 bits per heavy atom. The third-order valence-corrected chi connectivity index (χ3v) is 4.90. The number of nitrogen functional groups attached to an aromatic ring is 1. The number of nitrogens with one attached hydrogen (secondary N) is 1. The van der Waals surface area contributed by atoms with E-state index in [2.05, 4.69) is 29.1 Å². The molecule has 0 radical (unpaired) electrons. The van der Waals surface area contributed by atoms with Crippen molar-refractivity contribution in [1.82, 2.24) is 15.3 Å². The van der Waals surface area contributed by atoms with Crippen molar-refractivity contribution in [3.8, 4) is 0 Å². The number of aromatic nitrogens is 2. The predicted molar refractivity (Wildman–Crippen MR) is 114 cm³/mol. The summed E-state index contributed by atoms with van der Waals surface area (Å²) in [7, 11) is 0. The first-order valence-electron chi connectivity index (χ1n) is 9.50. The van der Waals surface area contributed by atoms with Crippen molar-refractivity contribution in [1.29, 1.82) is 0 Å². The van der Waals surface area contributed by atoms with Crippen molar-refractivity contribution in [2.24, 2.45) is 5.92 Å². The number of nitrogens with zero attached hydrogens (tertiary/aromatic N) is 2. The van der Waals surface area contributed by atoms with Crippen molar-refractivity contribution in [3.05, 3.63) is 64.6 Å². The van der Waals surface area contributed by atoms with Crippen LogP contribution in [0.1, 0.15) is 48.3 Å². The molecule has 0 saturated heterocycles. The van der Waals surface area contributed by atoms with Gasteiger partial charge in [-0.1, -0.05) is 44.0 Å². The first-order chi connectivity index (χ1) is 13.4. The van der Waals surface area contributed by atoms with Crippen LogP contribution in [0.15, 0.2) is 42.7 Å². The fourth-order valence-electron chi connectivity index (χ4n) is 3.18. The number of anilines is 1. The second-order valence-electron chi connectivity index (χ2n) is 7.37. The maximum absolute atomic E-state index is 12.8. The van der Waals surface area contributed by atoms with Crippen LogP contribution >= 0.6 is 11.6 Å². The van der Waals surface area contributed by atoms with Crippen LogP contribution in [-0.2, 0) is 13.0 Å². The van der Waals surface area contributed by atoms with Gasteiger partial charge in [0.2, 0.25) is 0 Å². The van der Waals surface area contributed by atoms with Crippen molar-refractivity contribution in [2.75, 3.05) is 5.73 Å². The van der Waals surface area contributed by atoms with E-state index in [-0.39, 0.29) is 5.91 Å². The average molecular weight is 397 g/mol. The molecule has 0 saturated carbocycles. The van der Waals surface area contributed by atoms with Gasteiger partial charge in [-0.2, -0.15) is 0 Å². The van der Waals surface area contributed by atoms with Crippen LogP contribution in [-0.4, -0.2) is 15.9 Å². The first kappa shape index (κ1) is 20.1. The van der Waals surface area contributed by atoms with Gasteiger partial charge in [-0.25, -0.2) is 4.98 Å². The zero-order chi connectivity index (χ0) is 20.1. The van der Waals surface area contributed by atoms with Crippen molar-refractivity contribution in [3.63, 3.8) is 0 Å². The molecule has 0 unspecified atom stereocenters. The van der Waals surface area contributed by atoms with Gasteiger partial charge in [0.15, 0.2) is 0 Å². The van der Waals surface area contributed by atoms with Gasteiger partial charge in [0, 0.05) is 24.3 Å². The van der Waals surface area contributed by atoms with Crippen molar-refractivity contribution in [2.45, 2.75) is 39.7 Å². The van der Waals surface area contributed by atoms with Gasteiger partial charge in [-0.05, 0) is 47.9 Å². The Hall–Kier alpha value is -2.66. The van der Waals surface area contributed by atoms with Crippen molar-refractivity contribution >= 4 is 34.1 Å². The van der Waals surface area contributed by atoms with E-state index >= 15 is 0 Å². The zero-order valence-corrected chi connectivity index (χ0v) is 17.0. The Labute approximate surface area is 170 Å².